The standard InChI is InChI=1S/C10H17N3S/c1-3-9-11-10(14-12-9)13-7-5-4-6-8(13)2/h8H,3-7H2,1-2H3. The summed E-state index contributed by atoms with van der Waals surface area (Å²) in [5.41, 5.74) is 0. The van der Waals surface area contributed by atoms with Crippen molar-refractivity contribution < 1.29 is 0 Å². The molecular weight excluding hydrogens is 194 g/mol. The number of anilines is 1. The molecule has 1 saturated heterocycles. The van der Waals surface area contributed by atoms with Crippen molar-refractivity contribution in [2.24, 2.45) is 0 Å². The van der Waals surface area contributed by atoms with E-state index in [-0.39, 0.29) is 0 Å². The zero-order valence-electron chi connectivity index (χ0n) is 8.86. The molecule has 0 aliphatic carbocycles. The summed E-state index contributed by atoms with van der Waals surface area (Å²) in [4.78, 5) is 6.94. The van der Waals surface area contributed by atoms with Crippen molar-refractivity contribution in [3.63, 3.8) is 0 Å². The summed E-state index contributed by atoms with van der Waals surface area (Å²) in [5, 5.41) is 1.12. The summed E-state index contributed by atoms with van der Waals surface area (Å²) >= 11 is 1.55. The Bertz CT molecular complexity index is 297. The number of rotatable bonds is 2. The molecule has 14 heavy (non-hydrogen) atoms. The van der Waals surface area contributed by atoms with E-state index >= 15 is 0 Å². The van der Waals surface area contributed by atoms with E-state index in [2.05, 4.69) is 28.1 Å². The van der Waals surface area contributed by atoms with Crippen LogP contribution in [0.4, 0.5) is 5.13 Å². The SMILES string of the molecule is CCc1nsc(N2CCCCC2C)n1. The first-order chi connectivity index (χ1) is 6.81. The van der Waals surface area contributed by atoms with Crippen LogP contribution in [0.25, 0.3) is 0 Å². The smallest absolute Gasteiger partial charge is 0.205 e. The van der Waals surface area contributed by atoms with Crippen LogP contribution in [0, 0.1) is 0 Å². The Balaban J connectivity index is 2.12. The molecule has 1 aromatic rings. The number of nitrogens with zero attached hydrogens (tertiary/aromatic N) is 3. The molecule has 0 radical (unpaired) electrons. The average Bonchev–Trinajstić information content (AvgIpc) is 2.67. The predicted molar refractivity (Wildman–Crippen MR) is 59.9 cm³/mol. The number of piperidine rings is 1. The number of hydrogen-bond acceptors (Lipinski definition) is 4. The van der Waals surface area contributed by atoms with Gasteiger partial charge >= 0.3 is 0 Å². The fourth-order valence-corrected chi connectivity index (χ4v) is 2.77. The number of aromatic nitrogens is 2. The first kappa shape index (κ1) is 9.90. The van der Waals surface area contributed by atoms with Crippen LogP contribution in [0.5, 0.6) is 0 Å². The molecule has 2 rings (SSSR count). The molecule has 1 aromatic heterocycles. The second-order valence-corrected chi connectivity index (χ2v) is 4.62. The third kappa shape index (κ3) is 1.90. The highest BCUT2D eigenvalue weighted by atomic mass is 32.1. The Morgan fingerprint density at radius 3 is 3.00 bits per heavy atom. The number of aryl methyl sites for hydroxylation is 1. The molecule has 1 atom stereocenters. The summed E-state index contributed by atoms with van der Waals surface area (Å²) in [6, 6.07) is 0.640. The van der Waals surface area contributed by atoms with Gasteiger partial charge in [0, 0.05) is 30.5 Å². The van der Waals surface area contributed by atoms with Crippen LogP contribution in [-0.4, -0.2) is 21.9 Å². The number of hydrogen-bond donors (Lipinski definition) is 0. The minimum atomic E-state index is 0.640. The minimum absolute atomic E-state index is 0.640. The van der Waals surface area contributed by atoms with Crippen molar-refractivity contribution in [1.29, 1.82) is 0 Å². The van der Waals surface area contributed by atoms with E-state index in [1.165, 1.54) is 19.3 Å². The molecule has 0 aromatic carbocycles. The fraction of sp³-hybridized carbons (Fsp3) is 0.800. The van der Waals surface area contributed by atoms with Gasteiger partial charge in [0.05, 0.1) is 0 Å². The van der Waals surface area contributed by atoms with Gasteiger partial charge in [-0.3, -0.25) is 0 Å². The monoisotopic (exact) mass is 211 g/mol. The van der Waals surface area contributed by atoms with Crippen LogP contribution in [0.2, 0.25) is 0 Å². The molecule has 1 fully saturated rings. The molecule has 78 valence electrons. The van der Waals surface area contributed by atoms with E-state index in [1.807, 2.05) is 0 Å². The van der Waals surface area contributed by atoms with Gasteiger partial charge in [0.1, 0.15) is 5.82 Å². The molecule has 2 heterocycles. The zero-order valence-corrected chi connectivity index (χ0v) is 9.68. The Morgan fingerprint density at radius 1 is 1.50 bits per heavy atom. The van der Waals surface area contributed by atoms with Gasteiger partial charge in [0.2, 0.25) is 5.13 Å². The minimum Gasteiger partial charge on any atom is -0.344 e. The summed E-state index contributed by atoms with van der Waals surface area (Å²) in [5.74, 6) is 0.989. The Morgan fingerprint density at radius 2 is 2.36 bits per heavy atom. The summed E-state index contributed by atoms with van der Waals surface area (Å²) in [6.45, 7) is 5.54. The summed E-state index contributed by atoms with van der Waals surface area (Å²) in [7, 11) is 0. The van der Waals surface area contributed by atoms with Gasteiger partial charge in [-0.15, -0.1) is 0 Å². The largest absolute Gasteiger partial charge is 0.344 e. The molecular formula is C10H17N3S. The highest BCUT2D eigenvalue weighted by Crippen LogP contribution is 2.25. The molecule has 0 bridgehead atoms. The van der Waals surface area contributed by atoms with Crippen molar-refractivity contribution in [3.05, 3.63) is 5.82 Å². The van der Waals surface area contributed by atoms with E-state index in [1.54, 1.807) is 11.5 Å². The molecule has 3 nitrogen and oxygen atoms in total. The van der Waals surface area contributed by atoms with Gasteiger partial charge in [-0.1, -0.05) is 6.92 Å². The van der Waals surface area contributed by atoms with Gasteiger partial charge in [0.25, 0.3) is 0 Å². The lowest BCUT2D eigenvalue weighted by molar-refractivity contribution is 0.484. The van der Waals surface area contributed by atoms with Gasteiger partial charge in [-0.05, 0) is 26.2 Å². The maximum absolute atomic E-state index is 4.54. The second kappa shape index (κ2) is 4.26. The molecule has 1 aliphatic rings. The second-order valence-electron chi connectivity index (χ2n) is 3.88. The van der Waals surface area contributed by atoms with Gasteiger partial charge in [-0.25, -0.2) is 4.98 Å². The normalized spacial score (nSPS) is 22.7. The molecule has 4 heteroatoms. The molecule has 1 unspecified atom stereocenters. The Hall–Kier alpha value is -0.640. The topological polar surface area (TPSA) is 29.0 Å². The zero-order chi connectivity index (χ0) is 9.97. The van der Waals surface area contributed by atoms with Crippen molar-refractivity contribution in [2.75, 3.05) is 11.4 Å². The maximum Gasteiger partial charge on any atom is 0.205 e. The summed E-state index contributed by atoms with van der Waals surface area (Å²) < 4.78 is 4.33. The lowest BCUT2D eigenvalue weighted by Gasteiger charge is -2.32. The van der Waals surface area contributed by atoms with Gasteiger partial charge < -0.3 is 4.90 Å². The molecule has 0 spiro atoms. The molecule has 0 amide bonds. The molecule has 1 aliphatic heterocycles. The average molecular weight is 211 g/mol. The summed E-state index contributed by atoms with van der Waals surface area (Å²) in [6.07, 6.45) is 4.89. The van der Waals surface area contributed by atoms with Crippen molar-refractivity contribution in [3.8, 4) is 0 Å². The van der Waals surface area contributed by atoms with Gasteiger partial charge in [0.15, 0.2) is 0 Å². The lowest BCUT2D eigenvalue weighted by atomic mass is 10.1. The van der Waals surface area contributed by atoms with Crippen LogP contribution in [-0.2, 0) is 6.42 Å². The Kier molecular flexibility index (Phi) is 3.01. The van der Waals surface area contributed by atoms with E-state index in [0.29, 0.717) is 6.04 Å². The van der Waals surface area contributed by atoms with Crippen LogP contribution >= 0.6 is 11.5 Å². The third-order valence-electron chi connectivity index (χ3n) is 2.82. The van der Waals surface area contributed by atoms with Crippen LogP contribution in [0.3, 0.4) is 0 Å². The van der Waals surface area contributed by atoms with E-state index in [9.17, 15) is 0 Å². The first-order valence-electron chi connectivity index (χ1n) is 5.40. The van der Waals surface area contributed by atoms with Crippen molar-refractivity contribution >= 4 is 16.7 Å². The Labute approximate surface area is 89.3 Å². The third-order valence-corrected chi connectivity index (χ3v) is 3.61. The van der Waals surface area contributed by atoms with Crippen LogP contribution < -0.4 is 4.90 Å². The van der Waals surface area contributed by atoms with E-state index in [4.69, 9.17) is 0 Å². The van der Waals surface area contributed by atoms with E-state index in [0.717, 1.165) is 23.9 Å². The maximum atomic E-state index is 4.54. The van der Waals surface area contributed by atoms with Gasteiger partial charge in [-0.2, -0.15) is 4.37 Å². The van der Waals surface area contributed by atoms with Crippen LogP contribution in [0.15, 0.2) is 0 Å². The van der Waals surface area contributed by atoms with Crippen molar-refractivity contribution in [1.82, 2.24) is 9.36 Å². The lowest BCUT2D eigenvalue weighted by Crippen LogP contribution is -2.37. The molecule has 0 saturated carbocycles. The quantitative estimate of drug-likeness (QED) is 0.752. The first-order valence-corrected chi connectivity index (χ1v) is 6.18. The van der Waals surface area contributed by atoms with Crippen molar-refractivity contribution in [2.45, 2.75) is 45.6 Å². The predicted octanol–water partition coefficient (Wildman–Crippen LogP) is 2.48. The highest BCUT2D eigenvalue weighted by molar-refractivity contribution is 7.09. The molecule has 0 N–H and O–H groups in total. The van der Waals surface area contributed by atoms with E-state index < -0.39 is 0 Å². The fourth-order valence-electron chi connectivity index (χ4n) is 1.89. The van der Waals surface area contributed by atoms with Crippen LogP contribution in [0.1, 0.15) is 38.9 Å². The highest BCUT2D eigenvalue weighted by Gasteiger charge is 2.21.